The van der Waals surface area contributed by atoms with Gasteiger partial charge in [-0.05, 0) is 42.8 Å². The molecule has 0 bridgehead atoms. The lowest BCUT2D eigenvalue weighted by atomic mass is 9.90. The Morgan fingerprint density at radius 1 is 1.17 bits per heavy atom. The molecule has 1 aliphatic carbocycles. The van der Waals surface area contributed by atoms with Gasteiger partial charge in [-0.2, -0.15) is 0 Å². The van der Waals surface area contributed by atoms with E-state index >= 15 is 0 Å². The molecule has 2 aromatic rings. The van der Waals surface area contributed by atoms with E-state index in [1.165, 1.54) is 0 Å². The van der Waals surface area contributed by atoms with Gasteiger partial charge in [0.05, 0.1) is 18.5 Å². The Labute approximate surface area is 173 Å². The largest absolute Gasteiger partial charge is 0.511 e. The number of ether oxygens (including phenoxy) is 1. The normalized spacial score (nSPS) is 19.0. The van der Waals surface area contributed by atoms with E-state index in [0.29, 0.717) is 24.3 Å². The number of halogens is 1. The summed E-state index contributed by atoms with van der Waals surface area (Å²) >= 11 is 6.72. The monoisotopic (exact) mass is 410 g/mol. The number of methoxy groups -OCH3 is 1. The van der Waals surface area contributed by atoms with Gasteiger partial charge in [0.1, 0.15) is 22.8 Å². The standard InChI is InChI=1S/C22H19ClN2O4/c1-29-14-11-9-13(10-12-14)25-16-6-3-2-5-15(16)24-20(22(25)23)21(28)19-17(26)7-4-8-18(19)27/h2-3,5-6,9-12,22,26H,4,7-8H2,1H3. The van der Waals surface area contributed by atoms with Crippen molar-refractivity contribution in [3.8, 4) is 5.75 Å². The van der Waals surface area contributed by atoms with Crippen molar-refractivity contribution in [3.05, 3.63) is 59.9 Å². The van der Waals surface area contributed by atoms with Gasteiger partial charge in [-0.25, -0.2) is 4.99 Å². The number of benzene rings is 2. The van der Waals surface area contributed by atoms with Crippen LogP contribution >= 0.6 is 11.6 Å². The van der Waals surface area contributed by atoms with Gasteiger partial charge >= 0.3 is 0 Å². The van der Waals surface area contributed by atoms with E-state index in [4.69, 9.17) is 16.3 Å². The Kier molecular flexibility index (Phi) is 5.11. The van der Waals surface area contributed by atoms with Gasteiger partial charge in [-0.15, -0.1) is 0 Å². The Balaban J connectivity index is 1.81. The fourth-order valence-corrected chi connectivity index (χ4v) is 3.94. The van der Waals surface area contributed by atoms with Crippen LogP contribution < -0.4 is 9.64 Å². The molecule has 4 rings (SSSR count). The molecule has 6 nitrogen and oxygen atoms in total. The molecule has 0 saturated carbocycles. The van der Waals surface area contributed by atoms with Crippen LogP contribution in [0.15, 0.2) is 64.9 Å². The number of nitrogens with zero attached hydrogens (tertiary/aromatic N) is 2. The second-order valence-corrected chi connectivity index (χ2v) is 7.23. The summed E-state index contributed by atoms with van der Waals surface area (Å²) in [5.74, 6) is -0.494. The first-order valence-electron chi connectivity index (χ1n) is 9.26. The van der Waals surface area contributed by atoms with Crippen molar-refractivity contribution in [3.63, 3.8) is 0 Å². The molecule has 7 heteroatoms. The zero-order chi connectivity index (χ0) is 20.5. The molecular formula is C22H19ClN2O4. The highest BCUT2D eigenvalue weighted by atomic mass is 35.5. The molecule has 2 aromatic carbocycles. The predicted octanol–water partition coefficient (Wildman–Crippen LogP) is 4.62. The smallest absolute Gasteiger partial charge is 0.217 e. The van der Waals surface area contributed by atoms with Crippen LogP contribution in [0, 0.1) is 0 Å². The SMILES string of the molecule is COc1ccc(N2c3ccccc3N=C(C(=O)C3=C(O)CCCC3=O)C2Cl)cc1. The van der Waals surface area contributed by atoms with Crippen molar-refractivity contribution in [2.45, 2.75) is 24.8 Å². The van der Waals surface area contributed by atoms with Gasteiger partial charge in [0.25, 0.3) is 0 Å². The van der Waals surface area contributed by atoms with Gasteiger partial charge in [-0.1, -0.05) is 23.7 Å². The number of aliphatic hydroxyl groups excluding tert-OH is 1. The van der Waals surface area contributed by atoms with E-state index in [-0.39, 0.29) is 29.2 Å². The van der Waals surface area contributed by atoms with Crippen LogP contribution in [0.4, 0.5) is 17.1 Å². The predicted molar refractivity (Wildman–Crippen MR) is 112 cm³/mol. The summed E-state index contributed by atoms with van der Waals surface area (Å²) in [5.41, 5.74) is 0.912. The first-order chi connectivity index (χ1) is 14.0. The molecule has 1 atom stereocenters. The molecule has 148 valence electrons. The molecule has 2 aliphatic rings. The first-order valence-corrected chi connectivity index (χ1v) is 9.70. The summed E-state index contributed by atoms with van der Waals surface area (Å²) in [4.78, 5) is 31.7. The number of fused-ring (bicyclic) bond motifs is 1. The van der Waals surface area contributed by atoms with Gasteiger partial charge in [0.15, 0.2) is 11.3 Å². The summed E-state index contributed by atoms with van der Waals surface area (Å²) in [6, 6.07) is 14.6. The summed E-state index contributed by atoms with van der Waals surface area (Å²) in [6.45, 7) is 0. The van der Waals surface area contributed by atoms with Crippen LogP contribution in [0.1, 0.15) is 19.3 Å². The number of hydrogen-bond acceptors (Lipinski definition) is 6. The zero-order valence-electron chi connectivity index (χ0n) is 15.8. The molecule has 1 heterocycles. The minimum Gasteiger partial charge on any atom is -0.511 e. The number of ketones is 2. The second-order valence-electron chi connectivity index (χ2n) is 6.82. The van der Waals surface area contributed by atoms with Crippen molar-refractivity contribution in [2.24, 2.45) is 4.99 Å². The number of Topliss-reactive ketones (excluding diaryl/α,β-unsaturated/α-hetero) is 2. The molecule has 0 spiro atoms. The highest BCUT2D eigenvalue weighted by Gasteiger charge is 2.38. The first kappa shape index (κ1) is 19.2. The maximum Gasteiger partial charge on any atom is 0.217 e. The van der Waals surface area contributed by atoms with Crippen molar-refractivity contribution in [1.82, 2.24) is 0 Å². The number of rotatable bonds is 4. The minimum absolute atomic E-state index is 0.0120. The van der Waals surface area contributed by atoms with Crippen molar-refractivity contribution >= 4 is 45.9 Å². The molecular weight excluding hydrogens is 392 g/mol. The molecule has 1 unspecified atom stereocenters. The zero-order valence-corrected chi connectivity index (χ0v) is 16.5. The fourth-order valence-electron chi connectivity index (χ4n) is 3.57. The topological polar surface area (TPSA) is 79.2 Å². The van der Waals surface area contributed by atoms with Crippen LogP contribution in [0.5, 0.6) is 5.75 Å². The van der Waals surface area contributed by atoms with Crippen LogP contribution in [-0.4, -0.2) is 35.0 Å². The van der Waals surface area contributed by atoms with Crippen LogP contribution in [0.25, 0.3) is 0 Å². The summed E-state index contributed by atoms with van der Waals surface area (Å²) < 4.78 is 5.21. The van der Waals surface area contributed by atoms with Gasteiger partial charge in [-0.3, -0.25) is 9.59 Å². The maximum absolute atomic E-state index is 13.2. The van der Waals surface area contributed by atoms with Crippen LogP contribution in [0.2, 0.25) is 0 Å². The van der Waals surface area contributed by atoms with E-state index in [9.17, 15) is 14.7 Å². The lowest BCUT2D eigenvalue weighted by molar-refractivity contribution is -0.119. The molecule has 0 saturated heterocycles. The van der Waals surface area contributed by atoms with E-state index in [1.807, 2.05) is 30.3 Å². The number of hydrogen-bond donors (Lipinski definition) is 1. The Morgan fingerprint density at radius 3 is 2.59 bits per heavy atom. The number of allylic oxidation sites excluding steroid dienone is 2. The molecule has 0 aromatic heterocycles. The third kappa shape index (κ3) is 3.40. The summed E-state index contributed by atoms with van der Waals surface area (Å²) in [6.07, 6.45) is 1.05. The number of aliphatic imine (C=N–C) groups is 1. The average Bonchev–Trinajstić information content (AvgIpc) is 2.73. The van der Waals surface area contributed by atoms with Crippen LogP contribution in [-0.2, 0) is 9.59 Å². The van der Waals surface area contributed by atoms with Gasteiger partial charge in [0.2, 0.25) is 5.78 Å². The molecule has 1 aliphatic heterocycles. The number of anilines is 2. The van der Waals surface area contributed by atoms with E-state index in [1.54, 1.807) is 30.2 Å². The quantitative estimate of drug-likeness (QED) is 0.452. The minimum atomic E-state index is -0.944. The van der Waals surface area contributed by atoms with Crippen molar-refractivity contribution < 1.29 is 19.4 Å². The Bertz CT molecular complexity index is 1040. The van der Waals surface area contributed by atoms with E-state index in [2.05, 4.69) is 4.99 Å². The lowest BCUT2D eigenvalue weighted by Gasteiger charge is -2.34. The number of carbonyl (C=O) groups is 2. The summed E-state index contributed by atoms with van der Waals surface area (Å²) in [7, 11) is 1.58. The maximum atomic E-state index is 13.2. The highest BCUT2D eigenvalue weighted by molar-refractivity contribution is 6.60. The third-order valence-corrected chi connectivity index (χ3v) is 5.43. The van der Waals surface area contributed by atoms with Gasteiger partial charge < -0.3 is 14.7 Å². The molecule has 29 heavy (non-hydrogen) atoms. The summed E-state index contributed by atoms with van der Waals surface area (Å²) in [5, 5.41) is 10.2. The van der Waals surface area contributed by atoms with Crippen molar-refractivity contribution in [2.75, 3.05) is 12.0 Å². The van der Waals surface area contributed by atoms with Crippen molar-refractivity contribution in [1.29, 1.82) is 0 Å². The Hall–Kier alpha value is -3.12. The molecule has 0 amide bonds. The van der Waals surface area contributed by atoms with E-state index < -0.39 is 11.3 Å². The number of alkyl halides is 1. The number of carbonyl (C=O) groups excluding carboxylic acids is 2. The fraction of sp³-hybridized carbons (Fsp3) is 0.227. The Morgan fingerprint density at radius 2 is 1.90 bits per heavy atom. The highest BCUT2D eigenvalue weighted by Crippen LogP contribution is 2.41. The average molecular weight is 411 g/mol. The van der Waals surface area contributed by atoms with Crippen LogP contribution in [0.3, 0.4) is 0 Å². The second kappa shape index (κ2) is 7.72. The third-order valence-electron chi connectivity index (χ3n) is 5.03. The number of para-hydroxylation sites is 2. The lowest BCUT2D eigenvalue weighted by Crippen LogP contribution is -2.42. The van der Waals surface area contributed by atoms with E-state index in [0.717, 1.165) is 11.4 Å². The van der Waals surface area contributed by atoms with Gasteiger partial charge in [0, 0.05) is 18.5 Å². The number of aliphatic hydroxyl groups is 1. The molecule has 0 radical (unpaired) electrons. The molecule has 0 fully saturated rings. The molecule has 1 N–H and O–H groups in total.